The molecule has 1 fully saturated rings. The largest absolute Gasteiger partial charge is 0.473 e. The van der Waals surface area contributed by atoms with Gasteiger partial charge in [-0.15, -0.1) is 0 Å². The highest BCUT2D eigenvalue weighted by atomic mass is 16.5. The van der Waals surface area contributed by atoms with Gasteiger partial charge in [0.1, 0.15) is 6.10 Å². The molecule has 0 saturated heterocycles. The normalized spacial score (nSPS) is 24.6. The van der Waals surface area contributed by atoms with Crippen molar-refractivity contribution in [3.05, 3.63) is 18.1 Å². The van der Waals surface area contributed by atoms with Gasteiger partial charge in [-0.2, -0.15) is 0 Å². The number of nitrogens with zero attached hydrogens (tertiary/aromatic N) is 2. The summed E-state index contributed by atoms with van der Waals surface area (Å²) in [6.45, 7) is 2.99. The molecule has 0 amide bonds. The first-order valence-corrected chi connectivity index (χ1v) is 6.42. The molecule has 1 saturated carbocycles. The molecule has 2 unspecified atom stereocenters. The fourth-order valence-electron chi connectivity index (χ4n) is 2.32. The second kappa shape index (κ2) is 5.96. The Hall–Kier alpha value is -1.16. The fourth-order valence-corrected chi connectivity index (χ4v) is 2.32. The van der Waals surface area contributed by atoms with E-state index < -0.39 is 0 Å². The minimum absolute atomic E-state index is 0.308. The number of aromatic nitrogens is 2. The molecule has 2 atom stereocenters. The van der Waals surface area contributed by atoms with Crippen LogP contribution in [0.1, 0.15) is 38.3 Å². The predicted molar refractivity (Wildman–Crippen MR) is 66.8 cm³/mol. The average molecular weight is 235 g/mol. The number of rotatable bonds is 4. The van der Waals surface area contributed by atoms with Crippen molar-refractivity contribution in [1.29, 1.82) is 0 Å². The topological polar surface area (TPSA) is 47.0 Å². The van der Waals surface area contributed by atoms with Crippen molar-refractivity contribution < 1.29 is 4.74 Å². The van der Waals surface area contributed by atoms with Crippen LogP contribution in [0.15, 0.2) is 12.4 Å². The lowest BCUT2D eigenvalue weighted by Crippen LogP contribution is -2.28. The molecule has 2 rings (SSSR count). The van der Waals surface area contributed by atoms with Gasteiger partial charge in [-0.25, -0.2) is 4.98 Å². The summed E-state index contributed by atoms with van der Waals surface area (Å²) >= 11 is 0. The van der Waals surface area contributed by atoms with E-state index in [9.17, 15) is 0 Å². The monoisotopic (exact) mass is 235 g/mol. The Morgan fingerprint density at radius 1 is 1.35 bits per heavy atom. The lowest BCUT2D eigenvalue weighted by atomic mass is 9.88. The van der Waals surface area contributed by atoms with Crippen LogP contribution in [-0.4, -0.2) is 23.1 Å². The first kappa shape index (κ1) is 12.3. The maximum atomic E-state index is 5.95. The molecule has 0 radical (unpaired) electrons. The number of ether oxygens (including phenoxy) is 1. The van der Waals surface area contributed by atoms with E-state index >= 15 is 0 Å². The summed E-state index contributed by atoms with van der Waals surface area (Å²) in [7, 11) is 1.90. The molecule has 94 valence electrons. The molecule has 1 aliphatic rings. The van der Waals surface area contributed by atoms with Crippen molar-refractivity contribution in [2.75, 3.05) is 7.05 Å². The van der Waals surface area contributed by atoms with Gasteiger partial charge in [0, 0.05) is 12.7 Å². The Balaban J connectivity index is 1.99. The average Bonchev–Trinajstić information content (AvgIpc) is 2.33. The molecule has 1 heterocycles. The van der Waals surface area contributed by atoms with Gasteiger partial charge in [-0.05, 0) is 32.2 Å². The van der Waals surface area contributed by atoms with Crippen LogP contribution in [0.2, 0.25) is 0 Å². The van der Waals surface area contributed by atoms with Crippen molar-refractivity contribution in [3.8, 4) is 5.88 Å². The van der Waals surface area contributed by atoms with Gasteiger partial charge in [0.05, 0.1) is 11.9 Å². The van der Waals surface area contributed by atoms with Crippen LogP contribution < -0.4 is 10.1 Å². The second-order valence-electron chi connectivity index (χ2n) is 4.80. The van der Waals surface area contributed by atoms with Crippen LogP contribution in [0.4, 0.5) is 0 Å². The second-order valence-corrected chi connectivity index (χ2v) is 4.80. The molecular weight excluding hydrogens is 214 g/mol. The van der Waals surface area contributed by atoms with Crippen LogP contribution in [0.5, 0.6) is 5.88 Å². The maximum Gasteiger partial charge on any atom is 0.232 e. The van der Waals surface area contributed by atoms with E-state index in [1.807, 2.05) is 7.05 Å². The third kappa shape index (κ3) is 3.40. The molecule has 0 spiro atoms. The zero-order chi connectivity index (χ0) is 12.1. The van der Waals surface area contributed by atoms with Gasteiger partial charge in [0.2, 0.25) is 5.88 Å². The molecule has 4 heteroatoms. The van der Waals surface area contributed by atoms with Gasteiger partial charge in [0.15, 0.2) is 0 Å². The van der Waals surface area contributed by atoms with Crippen LogP contribution >= 0.6 is 0 Å². The van der Waals surface area contributed by atoms with Crippen molar-refractivity contribution in [2.24, 2.45) is 5.92 Å². The molecule has 17 heavy (non-hydrogen) atoms. The Morgan fingerprint density at radius 3 is 2.94 bits per heavy atom. The van der Waals surface area contributed by atoms with E-state index in [0.29, 0.717) is 17.9 Å². The molecule has 1 N–H and O–H groups in total. The predicted octanol–water partition coefficient (Wildman–Crippen LogP) is 2.15. The van der Waals surface area contributed by atoms with Crippen molar-refractivity contribution in [1.82, 2.24) is 15.3 Å². The van der Waals surface area contributed by atoms with E-state index in [0.717, 1.165) is 18.7 Å². The van der Waals surface area contributed by atoms with E-state index in [4.69, 9.17) is 4.74 Å². The number of hydrogen-bond acceptors (Lipinski definition) is 4. The van der Waals surface area contributed by atoms with Gasteiger partial charge < -0.3 is 10.1 Å². The van der Waals surface area contributed by atoms with E-state index in [2.05, 4.69) is 22.2 Å². The summed E-state index contributed by atoms with van der Waals surface area (Å²) in [5.41, 5.74) is 0.925. The molecule has 1 aliphatic carbocycles. The zero-order valence-corrected chi connectivity index (χ0v) is 10.6. The van der Waals surface area contributed by atoms with Gasteiger partial charge >= 0.3 is 0 Å². The maximum absolute atomic E-state index is 5.95. The highest BCUT2D eigenvalue weighted by Gasteiger charge is 2.23. The molecule has 0 bridgehead atoms. The molecule has 0 aliphatic heterocycles. The lowest BCUT2D eigenvalue weighted by Gasteiger charge is -2.28. The summed E-state index contributed by atoms with van der Waals surface area (Å²) in [5.74, 6) is 1.29. The summed E-state index contributed by atoms with van der Waals surface area (Å²) in [6.07, 6.45) is 8.77. The highest BCUT2D eigenvalue weighted by molar-refractivity contribution is 5.09. The molecule has 4 nitrogen and oxygen atoms in total. The van der Waals surface area contributed by atoms with E-state index in [1.165, 1.54) is 19.3 Å². The van der Waals surface area contributed by atoms with Crippen molar-refractivity contribution in [3.63, 3.8) is 0 Å². The summed E-state index contributed by atoms with van der Waals surface area (Å²) in [6, 6.07) is 0. The smallest absolute Gasteiger partial charge is 0.232 e. The van der Waals surface area contributed by atoms with Crippen molar-refractivity contribution in [2.45, 2.75) is 45.3 Å². The van der Waals surface area contributed by atoms with Crippen LogP contribution in [0.25, 0.3) is 0 Å². The summed E-state index contributed by atoms with van der Waals surface area (Å²) < 4.78 is 5.95. The quantitative estimate of drug-likeness (QED) is 0.868. The lowest BCUT2D eigenvalue weighted by molar-refractivity contribution is 0.0968. The van der Waals surface area contributed by atoms with E-state index in [1.54, 1.807) is 12.4 Å². The van der Waals surface area contributed by atoms with Crippen LogP contribution in [-0.2, 0) is 6.54 Å². The summed E-state index contributed by atoms with van der Waals surface area (Å²) in [4.78, 5) is 8.61. The highest BCUT2D eigenvalue weighted by Crippen LogP contribution is 2.27. The first-order valence-electron chi connectivity index (χ1n) is 6.42. The zero-order valence-electron chi connectivity index (χ0n) is 10.6. The third-order valence-electron chi connectivity index (χ3n) is 3.33. The minimum Gasteiger partial charge on any atom is -0.473 e. The first-order chi connectivity index (χ1) is 8.29. The van der Waals surface area contributed by atoms with Gasteiger partial charge in [-0.3, -0.25) is 4.98 Å². The van der Waals surface area contributed by atoms with Crippen LogP contribution in [0, 0.1) is 5.92 Å². The standard InChI is InChI=1S/C13H21N3O/c1-10-5-3-4-6-12(10)17-13-9-15-8-11(16-13)7-14-2/h8-10,12,14H,3-7H2,1-2H3. The van der Waals surface area contributed by atoms with Crippen molar-refractivity contribution >= 4 is 0 Å². The van der Waals surface area contributed by atoms with Crippen LogP contribution in [0.3, 0.4) is 0 Å². The third-order valence-corrected chi connectivity index (χ3v) is 3.33. The Kier molecular flexibility index (Phi) is 4.31. The number of nitrogens with one attached hydrogen (secondary N) is 1. The minimum atomic E-state index is 0.308. The molecular formula is C13H21N3O. The number of hydrogen-bond donors (Lipinski definition) is 1. The fraction of sp³-hybridized carbons (Fsp3) is 0.692. The Morgan fingerprint density at radius 2 is 2.18 bits per heavy atom. The Labute approximate surface area is 103 Å². The molecule has 1 aromatic heterocycles. The Bertz CT molecular complexity index is 356. The molecule has 1 aromatic rings. The van der Waals surface area contributed by atoms with E-state index in [-0.39, 0.29) is 0 Å². The molecule has 0 aromatic carbocycles. The van der Waals surface area contributed by atoms with Gasteiger partial charge in [0.25, 0.3) is 0 Å². The SMILES string of the molecule is CNCc1cncc(OC2CCCCC2C)n1. The summed E-state index contributed by atoms with van der Waals surface area (Å²) in [5, 5.41) is 3.07. The van der Waals surface area contributed by atoms with Gasteiger partial charge in [-0.1, -0.05) is 13.3 Å².